The lowest BCUT2D eigenvalue weighted by molar-refractivity contribution is 0.213. The molecule has 1 fully saturated rings. The third-order valence-electron chi connectivity index (χ3n) is 2.73. The van der Waals surface area contributed by atoms with Crippen molar-refractivity contribution in [2.75, 3.05) is 13.1 Å². The van der Waals surface area contributed by atoms with E-state index in [1.807, 2.05) is 0 Å². The number of nitrogens with one attached hydrogen (secondary N) is 2. The molecule has 2 N–H and O–H groups in total. The molecule has 74 valence electrons. The van der Waals surface area contributed by atoms with Crippen LogP contribution in [0.2, 0.25) is 0 Å². The minimum Gasteiger partial charge on any atom is -0.316 e. The van der Waals surface area contributed by atoms with Gasteiger partial charge in [0.05, 0.1) is 6.07 Å². The second kappa shape index (κ2) is 4.08. The monoisotopic (exact) mass is 181 g/mol. The molecule has 3 heteroatoms. The van der Waals surface area contributed by atoms with Crippen LogP contribution in [-0.2, 0) is 0 Å². The van der Waals surface area contributed by atoms with Crippen LogP contribution in [0.4, 0.5) is 0 Å². The van der Waals surface area contributed by atoms with Gasteiger partial charge in [0, 0.05) is 18.5 Å². The fourth-order valence-electron chi connectivity index (χ4n) is 1.95. The molecule has 3 nitrogen and oxygen atoms in total. The number of nitriles is 1. The van der Waals surface area contributed by atoms with Crippen LogP contribution in [0.5, 0.6) is 0 Å². The summed E-state index contributed by atoms with van der Waals surface area (Å²) in [6, 6.07) is 2.82. The second-order valence-electron chi connectivity index (χ2n) is 4.24. The Hall–Kier alpha value is -0.590. The maximum atomic E-state index is 9.22. The molecule has 0 aromatic heterocycles. The third kappa shape index (κ3) is 2.20. The summed E-state index contributed by atoms with van der Waals surface area (Å²) < 4.78 is 0. The normalized spacial score (nSPS) is 34.5. The van der Waals surface area contributed by atoms with Gasteiger partial charge < -0.3 is 5.32 Å². The molecule has 0 aromatic carbocycles. The molecule has 0 saturated carbocycles. The zero-order chi connectivity index (χ0) is 9.90. The fourth-order valence-corrected chi connectivity index (χ4v) is 1.95. The van der Waals surface area contributed by atoms with Crippen LogP contribution >= 0.6 is 0 Å². The van der Waals surface area contributed by atoms with Crippen LogP contribution in [0.15, 0.2) is 0 Å². The topological polar surface area (TPSA) is 47.9 Å². The predicted octanol–water partition coefficient (Wildman–Crippen LogP) is 0.876. The van der Waals surface area contributed by atoms with E-state index in [0.29, 0.717) is 12.0 Å². The van der Waals surface area contributed by atoms with E-state index in [9.17, 15) is 5.26 Å². The van der Waals surface area contributed by atoms with Crippen LogP contribution < -0.4 is 10.6 Å². The molecule has 1 heterocycles. The van der Waals surface area contributed by atoms with Gasteiger partial charge in [-0.3, -0.25) is 5.32 Å². The van der Waals surface area contributed by atoms with Crippen molar-refractivity contribution in [2.45, 2.75) is 38.8 Å². The van der Waals surface area contributed by atoms with Crippen LogP contribution in [0.1, 0.15) is 27.2 Å². The number of nitrogens with zero attached hydrogens (tertiary/aromatic N) is 1. The minimum atomic E-state index is -0.306. The first-order valence-corrected chi connectivity index (χ1v) is 5.00. The zero-order valence-electron chi connectivity index (χ0n) is 8.72. The SMILES string of the molecule is CC(C)NC1(C#N)CCNCC1C. The van der Waals surface area contributed by atoms with Gasteiger partial charge in [-0.2, -0.15) is 5.26 Å². The van der Waals surface area contributed by atoms with Crippen molar-refractivity contribution in [1.82, 2.24) is 10.6 Å². The summed E-state index contributed by atoms with van der Waals surface area (Å²) in [5, 5.41) is 15.9. The van der Waals surface area contributed by atoms with E-state index in [-0.39, 0.29) is 5.54 Å². The van der Waals surface area contributed by atoms with Crippen molar-refractivity contribution < 1.29 is 0 Å². The zero-order valence-corrected chi connectivity index (χ0v) is 8.72. The summed E-state index contributed by atoms with van der Waals surface area (Å²) in [5.74, 6) is 0.383. The van der Waals surface area contributed by atoms with E-state index < -0.39 is 0 Å². The Morgan fingerprint density at radius 1 is 1.62 bits per heavy atom. The lowest BCUT2D eigenvalue weighted by Gasteiger charge is -2.39. The Labute approximate surface area is 80.5 Å². The molecule has 13 heavy (non-hydrogen) atoms. The number of piperidine rings is 1. The first-order chi connectivity index (χ1) is 6.10. The van der Waals surface area contributed by atoms with Crippen LogP contribution in [0, 0.1) is 17.2 Å². The predicted molar refractivity (Wildman–Crippen MR) is 53.3 cm³/mol. The minimum absolute atomic E-state index is 0.306. The van der Waals surface area contributed by atoms with Crippen LogP contribution in [0.25, 0.3) is 0 Å². The summed E-state index contributed by atoms with van der Waals surface area (Å²) in [4.78, 5) is 0. The van der Waals surface area contributed by atoms with Crippen molar-refractivity contribution in [1.29, 1.82) is 5.26 Å². The van der Waals surface area contributed by atoms with E-state index in [1.165, 1.54) is 0 Å². The highest BCUT2D eigenvalue weighted by molar-refractivity contribution is 5.13. The number of hydrogen-bond donors (Lipinski definition) is 2. The summed E-state index contributed by atoms with van der Waals surface area (Å²) in [5.41, 5.74) is -0.306. The molecule has 1 aliphatic rings. The van der Waals surface area contributed by atoms with Gasteiger partial charge >= 0.3 is 0 Å². The first-order valence-electron chi connectivity index (χ1n) is 5.00. The average Bonchev–Trinajstić information content (AvgIpc) is 2.08. The smallest absolute Gasteiger partial charge is 0.111 e. The molecule has 2 unspecified atom stereocenters. The number of hydrogen-bond acceptors (Lipinski definition) is 3. The Kier molecular flexibility index (Phi) is 3.29. The largest absolute Gasteiger partial charge is 0.316 e. The highest BCUT2D eigenvalue weighted by Gasteiger charge is 2.38. The fraction of sp³-hybridized carbons (Fsp3) is 0.900. The van der Waals surface area contributed by atoms with Crippen LogP contribution in [0.3, 0.4) is 0 Å². The van der Waals surface area contributed by atoms with Gasteiger partial charge in [-0.1, -0.05) is 6.92 Å². The maximum absolute atomic E-state index is 9.22. The molecule has 1 aliphatic heterocycles. The second-order valence-corrected chi connectivity index (χ2v) is 4.24. The third-order valence-corrected chi connectivity index (χ3v) is 2.73. The molecule has 1 saturated heterocycles. The van der Waals surface area contributed by atoms with Gasteiger partial charge in [-0.15, -0.1) is 0 Å². The van der Waals surface area contributed by atoms with Crippen molar-refractivity contribution in [3.8, 4) is 6.07 Å². The van der Waals surface area contributed by atoms with E-state index in [0.717, 1.165) is 19.5 Å². The lowest BCUT2D eigenvalue weighted by atomic mass is 9.80. The Morgan fingerprint density at radius 2 is 2.31 bits per heavy atom. The van der Waals surface area contributed by atoms with Gasteiger partial charge in [-0.05, 0) is 26.8 Å². The molecule has 0 aromatic rings. The molecule has 1 rings (SSSR count). The highest BCUT2D eigenvalue weighted by atomic mass is 15.0. The average molecular weight is 181 g/mol. The number of rotatable bonds is 2. The maximum Gasteiger partial charge on any atom is 0.111 e. The van der Waals surface area contributed by atoms with Gasteiger partial charge in [0.1, 0.15) is 5.54 Å². The van der Waals surface area contributed by atoms with Crippen molar-refractivity contribution in [3.05, 3.63) is 0 Å². The van der Waals surface area contributed by atoms with Gasteiger partial charge in [0.25, 0.3) is 0 Å². The molecular weight excluding hydrogens is 162 g/mol. The molecule has 0 aliphatic carbocycles. The molecule has 0 bridgehead atoms. The molecule has 0 radical (unpaired) electrons. The Balaban J connectivity index is 2.72. The van der Waals surface area contributed by atoms with Crippen molar-refractivity contribution in [3.63, 3.8) is 0 Å². The summed E-state index contributed by atoms with van der Waals surface area (Å²) in [6.07, 6.45) is 0.906. The quantitative estimate of drug-likeness (QED) is 0.664. The lowest BCUT2D eigenvalue weighted by Crippen LogP contribution is -2.58. The van der Waals surface area contributed by atoms with Crippen molar-refractivity contribution >= 4 is 0 Å². The summed E-state index contributed by atoms with van der Waals surface area (Å²) in [6.45, 7) is 8.19. The van der Waals surface area contributed by atoms with Gasteiger partial charge in [0.15, 0.2) is 0 Å². The van der Waals surface area contributed by atoms with Gasteiger partial charge in [0.2, 0.25) is 0 Å². The summed E-state index contributed by atoms with van der Waals surface area (Å²) in [7, 11) is 0. The molecule has 0 amide bonds. The summed E-state index contributed by atoms with van der Waals surface area (Å²) >= 11 is 0. The van der Waals surface area contributed by atoms with E-state index in [1.54, 1.807) is 0 Å². The van der Waals surface area contributed by atoms with E-state index >= 15 is 0 Å². The van der Waals surface area contributed by atoms with E-state index in [2.05, 4.69) is 37.5 Å². The standard InChI is InChI=1S/C10H19N3/c1-8(2)13-10(7-11)4-5-12-6-9(10)3/h8-9,12-13H,4-6H2,1-3H3. The Bertz CT molecular complexity index is 207. The molecule has 2 atom stereocenters. The Morgan fingerprint density at radius 3 is 2.77 bits per heavy atom. The van der Waals surface area contributed by atoms with Crippen molar-refractivity contribution in [2.24, 2.45) is 5.92 Å². The molecule has 0 spiro atoms. The highest BCUT2D eigenvalue weighted by Crippen LogP contribution is 2.23. The van der Waals surface area contributed by atoms with Gasteiger partial charge in [-0.25, -0.2) is 0 Å². The molecular formula is C10H19N3. The van der Waals surface area contributed by atoms with E-state index in [4.69, 9.17) is 0 Å². The first kappa shape index (κ1) is 10.5. The van der Waals surface area contributed by atoms with Crippen LogP contribution in [-0.4, -0.2) is 24.7 Å².